The predicted molar refractivity (Wildman–Crippen MR) is 66.7 cm³/mol. The fraction of sp³-hybridized carbons (Fsp3) is 0.545. The number of hydrogen-bond donors (Lipinski definition) is 2. The van der Waals surface area contributed by atoms with Crippen molar-refractivity contribution in [2.75, 3.05) is 18.2 Å². The number of hydrogen-bond acceptors (Lipinski definition) is 4. The van der Waals surface area contributed by atoms with Crippen LogP contribution in [-0.4, -0.2) is 34.2 Å². The summed E-state index contributed by atoms with van der Waals surface area (Å²) in [6, 6.07) is 3.52. The maximum Gasteiger partial charge on any atom is 0.433 e. The van der Waals surface area contributed by atoms with Gasteiger partial charge in [0.2, 0.25) is 0 Å². The molecule has 0 fully saturated rings. The number of halogens is 3. The summed E-state index contributed by atoms with van der Waals surface area (Å²) in [6.07, 6.45) is -2.62. The molecule has 0 saturated heterocycles. The molecule has 2 N–H and O–H groups in total. The number of aliphatic hydroxyl groups excluding tert-OH is 1. The minimum absolute atomic E-state index is 0.0473. The summed E-state index contributed by atoms with van der Waals surface area (Å²) in [5.74, 6) is 0.157. The fourth-order valence-corrected chi connectivity index (χ4v) is 2.06. The van der Waals surface area contributed by atoms with E-state index in [9.17, 15) is 13.2 Å². The summed E-state index contributed by atoms with van der Waals surface area (Å²) in [7, 11) is 0. The number of aromatic nitrogens is 1. The quantitative estimate of drug-likeness (QED) is 0.870. The first-order chi connectivity index (χ1) is 8.38. The Bertz CT molecular complexity index is 383. The Morgan fingerprint density at radius 1 is 1.44 bits per heavy atom. The molecule has 0 aromatic carbocycles. The van der Waals surface area contributed by atoms with Gasteiger partial charge >= 0.3 is 6.18 Å². The van der Waals surface area contributed by atoms with Crippen molar-refractivity contribution in [3.8, 4) is 0 Å². The lowest BCUT2D eigenvalue weighted by Gasteiger charge is -2.22. The van der Waals surface area contributed by atoms with Crippen molar-refractivity contribution in [3.63, 3.8) is 0 Å². The highest BCUT2D eigenvalue weighted by Crippen LogP contribution is 2.28. The smallest absolute Gasteiger partial charge is 0.395 e. The average molecular weight is 280 g/mol. The minimum atomic E-state index is -4.45. The van der Waals surface area contributed by atoms with Crippen molar-refractivity contribution in [2.24, 2.45) is 0 Å². The number of nitrogens with one attached hydrogen (secondary N) is 1. The second-order valence-corrected chi connectivity index (χ2v) is 4.87. The molecule has 0 aliphatic rings. The Balaban J connectivity index is 2.79. The second kappa shape index (κ2) is 6.29. The van der Waals surface area contributed by atoms with Crippen LogP contribution in [0, 0.1) is 0 Å². The number of rotatable bonds is 5. The summed E-state index contributed by atoms with van der Waals surface area (Å²) in [6.45, 7) is 1.74. The van der Waals surface area contributed by atoms with E-state index in [2.05, 4.69) is 10.3 Å². The van der Waals surface area contributed by atoms with E-state index in [0.717, 1.165) is 6.07 Å². The summed E-state index contributed by atoms with van der Waals surface area (Å²) in [5.41, 5.74) is -0.926. The molecule has 0 bridgehead atoms. The minimum Gasteiger partial charge on any atom is -0.395 e. The molecule has 0 radical (unpaired) electrons. The molecule has 102 valence electrons. The molecule has 2 atom stereocenters. The summed E-state index contributed by atoms with van der Waals surface area (Å²) in [4.78, 5) is 3.51. The van der Waals surface area contributed by atoms with Crippen LogP contribution in [0.3, 0.4) is 0 Å². The molecule has 3 nitrogen and oxygen atoms in total. The lowest BCUT2D eigenvalue weighted by Crippen LogP contribution is -2.31. The molecular formula is C11H15F3N2OS. The van der Waals surface area contributed by atoms with Gasteiger partial charge in [-0.2, -0.15) is 24.9 Å². The number of alkyl halides is 3. The van der Waals surface area contributed by atoms with Crippen LogP contribution in [0.5, 0.6) is 0 Å². The van der Waals surface area contributed by atoms with Crippen LogP contribution >= 0.6 is 11.8 Å². The SMILES string of the molecule is CSC(CO)C(C)Nc1cccc(C(F)(F)F)n1. The van der Waals surface area contributed by atoms with Crippen molar-refractivity contribution in [2.45, 2.75) is 24.4 Å². The maximum absolute atomic E-state index is 12.5. The van der Waals surface area contributed by atoms with Gasteiger partial charge in [-0.3, -0.25) is 0 Å². The number of nitrogens with zero attached hydrogens (tertiary/aromatic N) is 1. The lowest BCUT2D eigenvalue weighted by atomic mass is 10.2. The van der Waals surface area contributed by atoms with Crippen LogP contribution in [0.1, 0.15) is 12.6 Å². The Kier molecular flexibility index (Phi) is 5.28. The largest absolute Gasteiger partial charge is 0.433 e. The number of thioether (sulfide) groups is 1. The number of anilines is 1. The van der Waals surface area contributed by atoms with Crippen LogP contribution in [0.25, 0.3) is 0 Å². The van der Waals surface area contributed by atoms with Crippen molar-refractivity contribution in [1.82, 2.24) is 4.98 Å². The number of aliphatic hydroxyl groups is 1. The monoisotopic (exact) mass is 280 g/mol. The maximum atomic E-state index is 12.5. The molecule has 0 saturated carbocycles. The van der Waals surface area contributed by atoms with E-state index in [4.69, 9.17) is 5.11 Å². The Morgan fingerprint density at radius 2 is 2.11 bits per heavy atom. The molecule has 1 aromatic rings. The molecule has 2 unspecified atom stereocenters. The van der Waals surface area contributed by atoms with Crippen LogP contribution < -0.4 is 5.32 Å². The van der Waals surface area contributed by atoms with Crippen LogP contribution in [-0.2, 0) is 6.18 Å². The normalized spacial score (nSPS) is 15.2. The summed E-state index contributed by atoms with van der Waals surface area (Å²) < 4.78 is 37.4. The first-order valence-corrected chi connectivity index (χ1v) is 6.61. The van der Waals surface area contributed by atoms with Crippen LogP contribution in [0.2, 0.25) is 0 Å². The van der Waals surface area contributed by atoms with E-state index >= 15 is 0 Å². The van der Waals surface area contributed by atoms with Gasteiger partial charge in [-0.05, 0) is 25.3 Å². The van der Waals surface area contributed by atoms with Crippen LogP contribution in [0.4, 0.5) is 19.0 Å². The van der Waals surface area contributed by atoms with E-state index in [0.29, 0.717) is 0 Å². The Labute approximate surface area is 108 Å². The van der Waals surface area contributed by atoms with Crippen molar-refractivity contribution in [1.29, 1.82) is 0 Å². The molecule has 1 heterocycles. The van der Waals surface area contributed by atoms with Gasteiger partial charge in [0.25, 0.3) is 0 Å². The van der Waals surface area contributed by atoms with Gasteiger partial charge in [-0.25, -0.2) is 4.98 Å². The zero-order chi connectivity index (χ0) is 13.8. The first kappa shape index (κ1) is 15.1. The third-order valence-corrected chi connectivity index (χ3v) is 3.62. The van der Waals surface area contributed by atoms with Crippen LogP contribution in [0.15, 0.2) is 18.2 Å². The molecule has 0 amide bonds. The summed E-state index contributed by atoms with van der Waals surface area (Å²) in [5, 5.41) is 11.9. The van der Waals surface area contributed by atoms with Gasteiger partial charge in [0.15, 0.2) is 0 Å². The molecule has 1 aromatic heterocycles. The lowest BCUT2D eigenvalue weighted by molar-refractivity contribution is -0.141. The third kappa shape index (κ3) is 4.06. The van der Waals surface area contributed by atoms with E-state index < -0.39 is 11.9 Å². The highest BCUT2D eigenvalue weighted by molar-refractivity contribution is 7.99. The van der Waals surface area contributed by atoms with E-state index in [1.165, 1.54) is 23.9 Å². The predicted octanol–water partition coefficient (Wildman–Crippen LogP) is 2.62. The van der Waals surface area contributed by atoms with Crippen molar-refractivity contribution < 1.29 is 18.3 Å². The van der Waals surface area contributed by atoms with Gasteiger partial charge in [0, 0.05) is 11.3 Å². The zero-order valence-corrected chi connectivity index (χ0v) is 10.8. The number of pyridine rings is 1. The van der Waals surface area contributed by atoms with Crippen molar-refractivity contribution >= 4 is 17.6 Å². The summed E-state index contributed by atoms with van der Waals surface area (Å²) >= 11 is 1.44. The molecule has 7 heteroatoms. The molecular weight excluding hydrogens is 265 g/mol. The third-order valence-electron chi connectivity index (χ3n) is 2.46. The van der Waals surface area contributed by atoms with Gasteiger partial charge < -0.3 is 10.4 Å². The zero-order valence-electron chi connectivity index (χ0n) is 10.0. The molecule has 0 aliphatic heterocycles. The average Bonchev–Trinajstić information content (AvgIpc) is 2.29. The standard InChI is InChI=1S/C11H15F3N2OS/c1-7(8(6-17)18-2)15-10-5-3-4-9(16-10)11(12,13)14/h3-5,7-8,17H,6H2,1-2H3,(H,15,16). The molecule has 1 rings (SSSR count). The molecule has 0 spiro atoms. The molecule has 0 aliphatic carbocycles. The first-order valence-electron chi connectivity index (χ1n) is 5.33. The van der Waals surface area contributed by atoms with Gasteiger partial charge in [-0.15, -0.1) is 0 Å². The van der Waals surface area contributed by atoms with Crippen molar-refractivity contribution in [3.05, 3.63) is 23.9 Å². The molecule has 18 heavy (non-hydrogen) atoms. The second-order valence-electron chi connectivity index (χ2n) is 3.80. The van der Waals surface area contributed by atoms with Gasteiger partial charge in [0.1, 0.15) is 11.5 Å². The van der Waals surface area contributed by atoms with E-state index in [1.807, 2.05) is 6.26 Å². The highest BCUT2D eigenvalue weighted by atomic mass is 32.2. The van der Waals surface area contributed by atoms with E-state index in [1.54, 1.807) is 6.92 Å². The fourth-order valence-electron chi connectivity index (χ4n) is 1.44. The highest BCUT2D eigenvalue weighted by Gasteiger charge is 2.32. The van der Waals surface area contributed by atoms with E-state index in [-0.39, 0.29) is 23.7 Å². The Hall–Kier alpha value is -0.950. The van der Waals surface area contributed by atoms with Gasteiger partial charge in [-0.1, -0.05) is 6.07 Å². The van der Waals surface area contributed by atoms with Gasteiger partial charge in [0.05, 0.1) is 6.61 Å². The Morgan fingerprint density at radius 3 is 2.61 bits per heavy atom. The topological polar surface area (TPSA) is 45.1 Å².